The monoisotopic (exact) mass is 481 g/mol. The van der Waals surface area contributed by atoms with E-state index in [4.69, 9.17) is 0 Å². The number of H-pyrrole nitrogens is 1. The number of halogens is 3. The average molecular weight is 481 g/mol. The number of hydroxylamine groups is 3. The number of rotatable bonds is 6. The Morgan fingerprint density at radius 1 is 1.24 bits per heavy atom. The second-order valence-corrected chi connectivity index (χ2v) is 9.20. The van der Waals surface area contributed by atoms with Crippen LogP contribution in [0.5, 0.6) is 0 Å². The minimum Gasteiger partial charge on any atom is -0.361 e. The zero-order valence-corrected chi connectivity index (χ0v) is 18.9. The summed E-state index contributed by atoms with van der Waals surface area (Å²) in [5, 5.41) is 6.81. The summed E-state index contributed by atoms with van der Waals surface area (Å²) >= 11 is 0. The second kappa shape index (κ2) is 9.28. The molecule has 1 aromatic carbocycles. The van der Waals surface area contributed by atoms with Crippen molar-refractivity contribution in [3.8, 4) is 0 Å². The lowest BCUT2D eigenvalue weighted by atomic mass is 9.93. The number of carbonyl (C=O) groups is 3. The first-order chi connectivity index (χ1) is 16.1. The highest BCUT2D eigenvalue weighted by molar-refractivity contribution is 6.02. The standard InChI is InChI=1S/C23H27F3N4O4/c1-30(34-22(33)23(24,25)26)10-6-14(7-11-30)12-19(31)27-8-4-15-13-29-18-3-2-17-16(20(15)18)5-9-28-21(17)32/h2-3,13-14H,4-12H2,1H3,(H2-,27,28,29,31,32)/p+1. The van der Waals surface area contributed by atoms with Crippen molar-refractivity contribution in [2.75, 3.05) is 33.2 Å². The number of nitrogens with one attached hydrogen (secondary N) is 3. The number of nitrogens with zero attached hydrogens (tertiary/aromatic N) is 1. The van der Waals surface area contributed by atoms with E-state index in [0.717, 1.165) is 28.5 Å². The largest absolute Gasteiger partial charge is 0.497 e. The van der Waals surface area contributed by atoms with Crippen LogP contribution in [0, 0.1) is 5.92 Å². The van der Waals surface area contributed by atoms with Crippen LogP contribution in [0.2, 0.25) is 0 Å². The lowest BCUT2D eigenvalue weighted by Crippen LogP contribution is -2.53. The van der Waals surface area contributed by atoms with Crippen molar-refractivity contribution in [3.05, 3.63) is 35.0 Å². The molecule has 2 aliphatic heterocycles. The van der Waals surface area contributed by atoms with E-state index in [0.29, 0.717) is 37.9 Å². The molecule has 2 amide bonds. The number of piperidine rings is 1. The summed E-state index contributed by atoms with van der Waals surface area (Å²) in [5.41, 5.74) is 3.72. The van der Waals surface area contributed by atoms with Crippen LogP contribution in [0.15, 0.2) is 18.3 Å². The smallest absolute Gasteiger partial charge is 0.361 e. The minimum absolute atomic E-state index is 0.0226. The first kappa shape index (κ1) is 24.1. The maximum atomic E-state index is 12.5. The molecule has 0 bridgehead atoms. The lowest BCUT2D eigenvalue weighted by molar-refractivity contribution is -1.08. The topological polar surface area (TPSA) is 100 Å². The van der Waals surface area contributed by atoms with Crippen molar-refractivity contribution in [2.24, 2.45) is 5.92 Å². The molecule has 1 aromatic heterocycles. The van der Waals surface area contributed by atoms with E-state index < -0.39 is 16.8 Å². The third-order valence-corrected chi connectivity index (χ3v) is 6.69. The van der Waals surface area contributed by atoms with E-state index in [2.05, 4.69) is 20.5 Å². The Hall–Kier alpha value is -3.08. The summed E-state index contributed by atoms with van der Waals surface area (Å²) < 4.78 is 37.0. The van der Waals surface area contributed by atoms with E-state index in [-0.39, 0.29) is 37.2 Å². The molecule has 1 fully saturated rings. The number of alkyl halides is 3. The summed E-state index contributed by atoms with van der Waals surface area (Å²) in [7, 11) is 1.45. The maximum Gasteiger partial charge on any atom is 0.497 e. The molecule has 184 valence electrons. The van der Waals surface area contributed by atoms with Gasteiger partial charge in [-0.1, -0.05) is 0 Å². The van der Waals surface area contributed by atoms with E-state index in [1.807, 2.05) is 18.3 Å². The van der Waals surface area contributed by atoms with E-state index in [9.17, 15) is 27.6 Å². The third kappa shape index (κ3) is 5.19. The quantitative estimate of drug-likeness (QED) is 0.552. The number of aromatic nitrogens is 1. The highest BCUT2D eigenvalue weighted by atomic mass is 19.4. The van der Waals surface area contributed by atoms with Crippen LogP contribution < -0.4 is 10.6 Å². The fourth-order valence-electron chi connectivity index (χ4n) is 4.82. The number of fused-ring (bicyclic) bond motifs is 3. The molecule has 3 N–H and O–H groups in total. The van der Waals surface area contributed by atoms with Crippen LogP contribution in [0.3, 0.4) is 0 Å². The van der Waals surface area contributed by atoms with Gasteiger partial charge in [0.1, 0.15) is 20.1 Å². The molecule has 0 spiro atoms. The molecular weight excluding hydrogens is 453 g/mol. The molecule has 3 heterocycles. The van der Waals surface area contributed by atoms with Crippen molar-refractivity contribution < 1.29 is 37.0 Å². The van der Waals surface area contributed by atoms with Crippen LogP contribution in [-0.4, -0.2) is 66.8 Å². The van der Waals surface area contributed by atoms with Gasteiger partial charge in [0.05, 0.1) is 0 Å². The summed E-state index contributed by atoms with van der Waals surface area (Å²) in [4.78, 5) is 43.6. The highest BCUT2D eigenvalue weighted by Crippen LogP contribution is 2.29. The van der Waals surface area contributed by atoms with Gasteiger partial charge in [-0.3, -0.25) is 14.4 Å². The van der Waals surface area contributed by atoms with Crippen molar-refractivity contribution in [1.29, 1.82) is 0 Å². The number of aromatic amines is 1. The molecule has 11 heteroatoms. The molecule has 2 aliphatic rings. The molecule has 2 aromatic rings. The van der Waals surface area contributed by atoms with Gasteiger partial charge in [-0.15, -0.1) is 4.65 Å². The molecule has 0 saturated carbocycles. The second-order valence-electron chi connectivity index (χ2n) is 9.20. The maximum absolute atomic E-state index is 12.5. The molecule has 34 heavy (non-hydrogen) atoms. The fraction of sp³-hybridized carbons (Fsp3) is 0.522. The first-order valence-corrected chi connectivity index (χ1v) is 11.4. The molecule has 4 rings (SSSR count). The molecule has 1 saturated heterocycles. The van der Waals surface area contributed by atoms with Gasteiger partial charge in [0.15, 0.2) is 0 Å². The zero-order chi connectivity index (χ0) is 24.5. The van der Waals surface area contributed by atoms with Crippen molar-refractivity contribution in [2.45, 2.75) is 38.3 Å². The highest BCUT2D eigenvalue weighted by Gasteiger charge is 2.47. The van der Waals surface area contributed by atoms with Gasteiger partial charge in [0.2, 0.25) is 5.91 Å². The molecular formula is C23H28F3N4O4+. The number of carbonyl (C=O) groups excluding carboxylic acids is 3. The zero-order valence-electron chi connectivity index (χ0n) is 18.9. The Morgan fingerprint density at radius 2 is 1.97 bits per heavy atom. The van der Waals surface area contributed by atoms with Crippen molar-refractivity contribution in [3.63, 3.8) is 0 Å². The predicted molar refractivity (Wildman–Crippen MR) is 116 cm³/mol. The van der Waals surface area contributed by atoms with Gasteiger partial charge >= 0.3 is 12.1 Å². The van der Waals surface area contributed by atoms with Crippen LogP contribution in [0.25, 0.3) is 10.9 Å². The summed E-state index contributed by atoms with van der Waals surface area (Å²) in [5.74, 6) is -2.35. The Balaban J connectivity index is 1.27. The number of hydrogen-bond acceptors (Lipinski definition) is 4. The van der Waals surface area contributed by atoms with Crippen molar-refractivity contribution >= 4 is 28.7 Å². The molecule has 0 aliphatic carbocycles. The number of quaternary nitrogens is 1. The Morgan fingerprint density at radius 3 is 2.68 bits per heavy atom. The SMILES string of the molecule is C[N+]1(OC(=O)C(F)(F)F)CCC(CC(=O)NCCc2c[nH]c3ccc4c(c23)CCNC4=O)CC1. The van der Waals surface area contributed by atoms with Gasteiger partial charge in [0.25, 0.3) is 5.91 Å². The number of hydrogen-bond donors (Lipinski definition) is 3. The van der Waals surface area contributed by atoms with Crippen molar-refractivity contribution in [1.82, 2.24) is 15.6 Å². The van der Waals surface area contributed by atoms with Gasteiger partial charge in [-0.05, 0) is 42.0 Å². The Kier molecular flexibility index (Phi) is 6.57. The van der Waals surface area contributed by atoms with E-state index in [1.54, 1.807) is 0 Å². The Bertz CT molecular complexity index is 1100. The molecule has 0 unspecified atom stereocenters. The summed E-state index contributed by atoms with van der Waals surface area (Å²) in [6.07, 6.45) is -0.488. The van der Waals surface area contributed by atoms with Crippen LogP contribution in [0.4, 0.5) is 13.2 Å². The first-order valence-electron chi connectivity index (χ1n) is 11.4. The van der Waals surface area contributed by atoms with E-state index >= 15 is 0 Å². The summed E-state index contributed by atoms with van der Waals surface area (Å²) in [6.45, 7) is 1.49. The third-order valence-electron chi connectivity index (χ3n) is 6.69. The molecule has 8 nitrogen and oxygen atoms in total. The van der Waals surface area contributed by atoms with Gasteiger partial charge in [-0.25, -0.2) is 4.79 Å². The number of likely N-dealkylation sites (tertiary alicyclic amines) is 1. The predicted octanol–water partition coefficient (Wildman–Crippen LogP) is 2.38. The number of amides is 2. The van der Waals surface area contributed by atoms with Crippen LogP contribution in [0.1, 0.15) is 40.7 Å². The lowest BCUT2D eigenvalue weighted by Gasteiger charge is -2.36. The van der Waals surface area contributed by atoms with Crippen LogP contribution in [-0.2, 0) is 27.3 Å². The summed E-state index contributed by atoms with van der Waals surface area (Å²) in [6, 6.07) is 3.72. The normalized spacial score (nSPS) is 22.7. The Labute approximate surface area is 194 Å². The molecule has 0 radical (unpaired) electrons. The average Bonchev–Trinajstić information content (AvgIpc) is 3.19. The van der Waals surface area contributed by atoms with E-state index in [1.165, 1.54) is 7.05 Å². The van der Waals surface area contributed by atoms with Gasteiger partial charge < -0.3 is 15.6 Å². The van der Waals surface area contributed by atoms with Gasteiger partial charge in [0, 0.05) is 55.0 Å². The fourth-order valence-corrected chi connectivity index (χ4v) is 4.82. The molecule has 0 atom stereocenters. The van der Waals surface area contributed by atoms with Crippen LogP contribution >= 0.6 is 0 Å². The minimum atomic E-state index is -5.02. The van der Waals surface area contributed by atoms with Gasteiger partial charge in [-0.2, -0.15) is 13.2 Å². The number of benzene rings is 1.